The summed E-state index contributed by atoms with van der Waals surface area (Å²) in [4.78, 5) is 51.7. The molecule has 2 aromatic rings. The maximum absolute atomic E-state index is 13.1. The average Bonchev–Trinajstić information content (AvgIpc) is 2.81. The fourth-order valence-electron chi connectivity index (χ4n) is 3.89. The van der Waals surface area contributed by atoms with E-state index < -0.39 is 52.6 Å². The second-order valence-electron chi connectivity index (χ2n) is 8.44. The van der Waals surface area contributed by atoms with Crippen LogP contribution in [0.15, 0.2) is 29.1 Å². The number of likely N-dealkylation sites (tertiary alicyclic amines) is 1. The van der Waals surface area contributed by atoms with Crippen LogP contribution in [0.5, 0.6) is 11.6 Å². The van der Waals surface area contributed by atoms with Gasteiger partial charge in [-0.05, 0) is 50.5 Å². The number of hydrogen-bond acceptors (Lipinski definition) is 7. The Labute approximate surface area is 205 Å². The lowest BCUT2D eigenvalue weighted by atomic mass is 9.97. The molecule has 0 aliphatic carbocycles. The van der Waals surface area contributed by atoms with Gasteiger partial charge in [-0.25, -0.2) is 0 Å². The van der Waals surface area contributed by atoms with Gasteiger partial charge in [0, 0.05) is 11.6 Å². The molecular weight excluding hydrogens is 480 g/mol. The quantitative estimate of drug-likeness (QED) is 0.352. The van der Waals surface area contributed by atoms with Gasteiger partial charge in [0.2, 0.25) is 5.88 Å². The van der Waals surface area contributed by atoms with Crippen molar-refractivity contribution in [1.82, 2.24) is 20.1 Å². The van der Waals surface area contributed by atoms with Crippen molar-refractivity contribution < 1.29 is 29.7 Å². The van der Waals surface area contributed by atoms with E-state index in [1.54, 1.807) is 24.3 Å². The molecule has 1 aromatic carbocycles. The maximum Gasteiger partial charge on any atom is 0.322 e. The summed E-state index contributed by atoms with van der Waals surface area (Å²) in [5, 5.41) is 35.3. The topological polar surface area (TPSA) is 161 Å². The van der Waals surface area contributed by atoms with E-state index in [4.69, 9.17) is 16.7 Å². The Morgan fingerprint density at radius 2 is 1.69 bits per heavy atom. The lowest BCUT2D eigenvalue weighted by Gasteiger charge is -2.29. The Morgan fingerprint density at radius 3 is 2.31 bits per heavy atom. The summed E-state index contributed by atoms with van der Waals surface area (Å²) in [6, 6.07) is 6.47. The molecule has 1 saturated heterocycles. The molecular formula is C23H27ClN4O7. The van der Waals surface area contributed by atoms with Crippen molar-refractivity contribution in [2.24, 2.45) is 5.92 Å². The van der Waals surface area contributed by atoms with Crippen LogP contribution in [0.2, 0.25) is 5.02 Å². The first-order valence-corrected chi connectivity index (χ1v) is 11.4. The molecule has 35 heavy (non-hydrogen) atoms. The van der Waals surface area contributed by atoms with E-state index in [1.165, 1.54) is 0 Å². The van der Waals surface area contributed by atoms with Gasteiger partial charge in [0.05, 0.1) is 6.54 Å². The van der Waals surface area contributed by atoms with E-state index in [9.17, 15) is 29.4 Å². The fourth-order valence-corrected chi connectivity index (χ4v) is 4.09. The minimum Gasteiger partial charge on any atom is -0.506 e. The smallest absolute Gasteiger partial charge is 0.322 e. The minimum absolute atomic E-state index is 0.187. The number of rotatable bonds is 8. The standard InChI is InChI=1S/C23H27ClN4O7/c1-27-8-6-13(7-9-27)10-25-20(32)17-19(31)18(21(33)26-11-16(29)30)23(35)28(22(17)34)12-14-4-2-3-5-15(14)24/h2-5,13,31,34H,6-12H2,1H3,(H,25,32)(H,26,33)(H,29,30). The molecule has 1 aliphatic rings. The van der Waals surface area contributed by atoms with Gasteiger partial charge in [-0.15, -0.1) is 0 Å². The Kier molecular flexibility index (Phi) is 8.36. The van der Waals surface area contributed by atoms with Gasteiger partial charge in [0.15, 0.2) is 5.75 Å². The summed E-state index contributed by atoms with van der Waals surface area (Å²) >= 11 is 6.17. The highest BCUT2D eigenvalue weighted by Crippen LogP contribution is 2.30. The molecule has 1 fully saturated rings. The number of piperidine rings is 1. The summed E-state index contributed by atoms with van der Waals surface area (Å²) in [7, 11) is 2.00. The summed E-state index contributed by atoms with van der Waals surface area (Å²) in [6.45, 7) is 0.886. The molecule has 12 heteroatoms. The lowest BCUT2D eigenvalue weighted by molar-refractivity contribution is -0.135. The highest BCUT2D eigenvalue weighted by Gasteiger charge is 2.30. The zero-order valence-electron chi connectivity index (χ0n) is 19.1. The van der Waals surface area contributed by atoms with Crippen molar-refractivity contribution in [3.05, 3.63) is 56.3 Å². The summed E-state index contributed by atoms with van der Waals surface area (Å²) in [5.74, 6) is -5.14. The van der Waals surface area contributed by atoms with E-state index in [2.05, 4.69) is 10.2 Å². The van der Waals surface area contributed by atoms with Crippen LogP contribution >= 0.6 is 11.6 Å². The first-order valence-electron chi connectivity index (χ1n) is 11.0. The zero-order valence-corrected chi connectivity index (χ0v) is 19.8. The number of carboxylic acids is 1. The Bertz CT molecular complexity index is 1190. The number of aliphatic carboxylic acids is 1. The van der Waals surface area contributed by atoms with Crippen LogP contribution in [0, 0.1) is 5.92 Å². The maximum atomic E-state index is 13.1. The number of pyridine rings is 1. The first kappa shape index (κ1) is 26.0. The van der Waals surface area contributed by atoms with Crippen LogP contribution in [-0.4, -0.2) is 75.8 Å². The van der Waals surface area contributed by atoms with Gasteiger partial charge < -0.3 is 30.9 Å². The second kappa shape index (κ2) is 11.2. The largest absolute Gasteiger partial charge is 0.506 e. The number of amides is 2. The van der Waals surface area contributed by atoms with Crippen LogP contribution in [0.4, 0.5) is 0 Å². The monoisotopic (exact) mass is 506 g/mol. The molecule has 0 bridgehead atoms. The highest BCUT2D eigenvalue weighted by atomic mass is 35.5. The Morgan fingerprint density at radius 1 is 1.06 bits per heavy atom. The number of benzene rings is 1. The van der Waals surface area contributed by atoms with Crippen molar-refractivity contribution in [1.29, 1.82) is 0 Å². The molecule has 2 amide bonds. The first-order chi connectivity index (χ1) is 16.6. The molecule has 0 radical (unpaired) electrons. The SMILES string of the molecule is CN1CCC(CNC(=O)c2c(O)c(C(=O)NCC(=O)O)c(=O)n(Cc3ccccc3Cl)c2O)CC1. The fraction of sp³-hybridized carbons (Fsp3) is 0.391. The minimum atomic E-state index is -1.37. The molecule has 0 saturated carbocycles. The van der Waals surface area contributed by atoms with E-state index in [-0.39, 0.29) is 24.0 Å². The van der Waals surface area contributed by atoms with Crippen LogP contribution in [0.1, 0.15) is 39.1 Å². The Balaban J connectivity index is 2.00. The van der Waals surface area contributed by atoms with Crippen molar-refractivity contribution >= 4 is 29.4 Å². The number of aromatic hydroxyl groups is 2. The van der Waals surface area contributed by atoms with Gasteiger partial charge in [0.1, 0.15) is 17.7 Å². The number of aromatic nitrogens is 1. The molecule has 0 atom stereocenters. The number of carbonyl (C=O) groups excluding carboxylic acids is 2. The molecule has 1 aliphatic heterocycles. The van der Waals surface area contributed by atoms with Gasteiger partial charge in [-0.2, -0.15) is 0 Å². The molecule has 188 valence electrons. The molecule has 0 unspecified atom stereocenters. The molecule has 2 heterocycles. The predicted molar refractivity (Wildman–Crippen MR) is 127 cm³/mol. The highest BCUT2D eigenvalue weighted by molar-refractivity contribution is 6.31. The van der Waals surface area contributed by atoms with E-state index in [1.807, 2.05) is 12.4 Å². The second-order valence-corrected chi connectivity index (χ2v) is 8.85. The molecule has 5 N–H and O–H groups in total. The van der Waals surface area contributed by atoms with Crippen LogP contribution in [0.25, 0.3) is 0 Å². The van der Waals surface area contributed by atoms with Gasteiger partial charge >= 0.3 is 5.97 Å². The summed E-state index contributed by atoms with van der Waals surface area (Å²) in [6.07, 6.45) is 1.70. The third-order valence-electron chi connectivity index (χ3n) is 5.94. The number of hydrogen-bond donors (Lipinski definition) is 5. The predicted octanol–water partition coefficient (Wildman–Crippen LogP) is 0.847. The average molecular weight is 507 g/mol. The number of nitrogens with zero attached hydrogens (tertiary/aromatic N) is 2. The normalized spacial score (nSPS) is 14.5. The van der Waals surface area contributed by atoms with Crippen molar-refractivity contribution in [2.45, 2.75) is 19.4 Å². The lowest BCUT2D eigenvalue weighted by Crippen LogP contribution is -2.39. The third-order valence-corrected chi connectivity index (χ3v) is 6.31. The number of carboxylic acid groups (broad SMARTS) is 1. The van der Waals surface area contributed by atoms with Crippen LogP contribution < -0.4 is 16.2 Å². The number of carbonyl (C=O) groups is 3. The van der Waals surface area contributed by atoms with Crippen molar-refractivity contribution in [3.8, 4) is 11.6 Å². The van der Waals surface area contributed by atoms with Crippen molar-refractivity contribution in [2.75, 3.05) is 33.2 Å². The van der Waals surface area contributed by atoms with Crippen LogP contribution in [0.3, 0.4) is 0 Å². The number of halogens is 1. The molecule has 11 nitrogen and oxygen atoms in total. The van der Waals surface area contributed by atoms with E-state index in [0.29, 0.717) is 5.56 Å². The molecule has 0 spiro atoms. The molecule has 1 aromatic heterocycles. The zero-order chi connectivity index (χ0) is 25.7. The summed E-state index contributed by atoms with van der Waals surface area (Å²) in [5.41, 5.74) is -2.23. The van der Waals surface area contributed by atoms with Crippen molar-refractivity contribution in [3.63, 3.8) is 0 Å². The van der Waals surface area contributed by atoms with Gasteiger partial charge in [-0.3, -0.25) is 23.7 Å². The summed E-state index contributed by atoms with van der Waals surface area (Å²) < 4.78 is 0.737. The van der Waals surface area contributed by atoms with E-state index >= 15 is 0 Å². The third kappa shape index (κ3) is 6.11. The van der Waals surface area contributed by atoms with Gasteiger partial charge in [0.25, 0.3) is 17.4 Å². The number of nitrogens with one attached hydrogen (secondary N) is 2. The van der Waals surface area contributed by atoms with Crippen LogP contribution in [-0.2, 0) is 11.3 Å². The van der Waals surface area contributed by atoms with E-state index in [0.717, 1.165) is 30.5 Å². The van der Waals surface area contributed by atoms with Gasteiger partial charge in [-0.1, -0.05) is 29.8 Å². The Hall–Kier alpha value is -3.57. The molecule has 3 rings (SSSR count).